The third kappa shape index (κ3) is 3.51. The molecule has 3 atom stereocenters. The summed E-state index contributed by atoms with van der Waals surface area (Å²) in [6.07, 6.45) is 2.10. The second-order valence-corrected chi connectivity index (χ2v) is 4.14. The van der Waals surface area contributed by atoms with Gasteiger partial charge in [0.2, 0.25) is 5.91 Å². The summed E-state index contributed by atoms with van der Waals surface area (Å²) < 4.78 is 0. The first-order valence-electron chi connectivity index (χ1n) is 5.19. The topological polar surface area (TPSA) is 86.6 Å². The number of aliphatic hydroxyl groups is 1. The minimum absolute atomic E-state index is 0.260. The zero-order valence-electron chi connectivity index (χ0n) is 8.77. The second kappa shape index (κ2) is 5.11. The molecular formula is C10H17NO4. The van der Waals surface area contributed by atoms with Gasteiger partial charge < -0.3 is 15.5 Å². The summed E-state index contributed by atoms with van der Waals surface area (Å²) in [7, 11) is 0. The van der Waals surface area contributed by atoms with Crippen molar-refractivity contribution in [2.24, 2.45) is 11.8 Å². The number of hydrogen-bond acceptors (Lipinski definition) is 3. The van der Waals surface area contributed by atoms with Crippen molar-refractivity contribution < 1.29 is 19.8 Å². The lowest BCUT2D eigenvalue weighted by atomic mass is 10.1. The number of nitrogens with one attached hydrogen (secondary N) is 1. The molecule has 5 nitrogen and oxygen atoms in total. The van der Waals surface area contributed by atoms with Gasteiger partial charge in [-0.25, -0.2) is 0 Å². The molecule has 0 heterocycles. The lowest BCUT2D eigenvalue weighted by Gasteiger charge is -2.12. The smallest absolute Gasteiger partial charge is 0.315 e. The molecule has 0 bridgehead atoms. The highest BCUT2D eigenvalue weighted by molar-refractivity contribution is 5.96. The lowest BCUT2D eigenvalue weighted by Crippen LogP contribution is -2.36. The maximum Gasteiger partial charge on any atom is 0.315 e. The van der Waals surface area contributed by atoms with Crippen LogP contribution in [0.3, 0.4) is 0 Å². The van der Waals surface area contributed by atoms with Gasteiger partial charge in [-0.05, 0) is 32.1 Å². The highest BCUT2D eigenvalue weighted by atomic mass is 16.4. The van der Waals surface area contributed by atoms with Crippen LogP contribution in [0.2, 0.25) is 0 Å². The summed E-state index contributed by atoms with van der Waals surface area (Å²) in [6.45, 7) is 1.83. The minimum Gasteiger partial charge on any atom is -0.481 e. The number of carbonyl (C=O) groups excluding carboxylic acids is 1. The first-order chi connectivity index (χ1) is 7.00. The van der Waals surface area contributed by atoms with Gasteiger partial charge in [-0.2, -0.15) is 0 Å². The Hall–Kier alpha value is -1.10. The van der Waals surface area contributed by atoms with E-state index in [1.165, 1.54) is 6.92 Å². The van der Waals surface area contributed by atoms with Crippen molar-refractivity contribution in [3.8, 4) is 0 Å². The van der Waals surface area contributed by atoms with Crippen molar-refractivity contribution >= 4 is 11.9 Å². The zero-order valence-corrected chi connectivity index (χ0v) is 8.77. The molecule has 3 N–H and O–H groups in total. The Bertz CT molecular complexity index is 254. The van der Waals surface area contributed by atoms with Crippen LogP contribution in [0.25, 0.3) is 0 Å². The summed E-state index contributed by atoms with van der Waals surface area (Å²) in [5.41, 5.74) is 0. The molecule has 86 valence electrons. The molecule has 0 aliphatic heterocycles. The van der Waals surface area contributed by atoms with Crippen molar-refractivity contribution in [1.29, 1.82) is 0 Å². The molecule has 1 amide bonds. The number of hydrogen-bond donors (Lipinski definition) is 3. The predicted molar refractivity (Wildman–Crippen MR) is 53.2 cm³/mol. The normalized spacial score (nSPS) is 27.3. The molecule has 1 aliphatic rings. The molecule has 0 radical (unpaired) electrons. The highest BCUT2D eigenvalue weighted by Gasteiger charge is 2.25. The SMILES string of the molecule is CC(C(=O)O)C(=O)NCC1CCC(O)C1. The number of aliphatic hydroxyl groups excluding tert-OH is 1. The van der Waals surface area contributed by atoms with Gasteiger partial charge in [-0.1, -0.05) is 0 Å². The van der Waals surface area contributed by atoms with Gasteiger partial charge in [0, 0.05) is 6.54 Å². The Morgan fingerprint density at radius 2 is 2.13 bits per heavy atom. The van der Waals surface area contributed by atoms with Gasteiger partial charge >= 0.3 is 5.97 Å². The lowest BCUT2D eigenvalue weighted by molar-refractivity contribution is -0.146. The Labute approximate surface area is 88.5 Å². The number of aliphatic carboxylic acids is 1. The maximum atomic E-state index is 11.3. The quantitative estimate of drug-likeness (QED) is 0.575. The van der Waals surface area contributed by atoms with E-state index < -0.39 is 17.8 Å². The molecular weight excluding hydrogens is 198 g/mol. The van der Waals surface area contributed by atoms with Crippen LogP contribution in [0.4, 0.5) is 0 Å². The van der Waals surface area contributed by atoms with E-state index in [0.717, 1.165) is 12.8 Å². The van der Waals surface area contributed by atoms with Crippen LogP contribution in [-0.4, -0.2) is 34.7 Å². The number of carbonyl (C=O) groups is 2. The summed E-state index contributed by atoms with van der Waals surface area (Å²) in [6, 6.07) is 0. The third-order valence-electron chi connectivity index (χ3n) is 2.84. The number of rotatable bonds is 4. The number of carboxylic acid groups (broad SMARTS) is 1. The average molecular weight is 215 g/mol. The van der Waals surface area contributed by atoms with Crippen molar-refractivity contribution in [3.05, 3.63) is 0 Å². The fourth-order valence-corrected chi connectivity index (χ4v) is 1.74. The first-order valence-corrected chi connectivity index (χ1v) is 5.19. The summed E-state index contributed by atoms with van der Waals surface area (Å²) in [5, 5.41) is 20.4. The van der Waals surface area contributed by atoms with Crippen LogP contribution >= 0.6 is 0 Å². The molecule has 3 unspecified atom stereocenters. The fourth-order valence-electron chi connectivity index (χ4n) is 1.74. The highest BCUT2D eigenvalue weighted by Crippen LogP contribution is 2.24. The van der Waals surface area contributed by atoms with E-state index in [-0.39, 0.29) is 12.0 Å². The molecule has 5 heteroatoms. The van der Waals surface area contributed by atoms with E-state index >= 15 is 0 Å². The second-order valence-electron chi connectivity index (χ2n) is 4.14. The molecule has 0 aromatic heterocycles. The molecule has 15 heavy (non-hydrogen) atoms. The van der Waals surface area contributed by atoms with Gasteiger partial charge in [-0.3, -0.25) is 9.59 Å². The molecule has 1 saturated carbocycles. The van der Waals surface area contributed by atoms with Gasteiger partial charge in [0.15, 0.2) is 0 Å². The van der Waals surface area contributed by atoms with E-state index in [9.17, 15) is 14.7 Å². The molecule has 1 fully saturated rings. The van der Waals surface area contributed by atoms with Crippen molar-refractivity contribution in [3.63, 3.8) is 0 Å². The van der Waals surface area contributed by atoms with Crippen LogP contribution < -0.4 is 5.32 Å². The summed E-state index contributed by atoms with van der Waals surface area (Å²) >= 11 is 0. The van der Waals surface area contributed by atoms with Gasteiger partial charge in [0.1, 0.15) is 5.92 Å². The van der Waals surface area contributed by atoms with Crippen LogP contribution in [0.1, 0.15) is 26.2 Å². The Balaban J connectivity index is 2.25. The van der Waals surface area contributed by atoms with Crippen molar-refractivity contribution in [2.75, 3.05) is 6.54 Å². The standard InChI is InChI=1S/C10H17NO4/c1-6(10(14)15)9(13)11-5-7-2-3-8(12)4-7/h6-8,12H,2-5H2,1H3,(H,11,13)(H,14,15). The summed E-state index contributed by atoms with van der Waals surface area (Å²) in [4.78, 5) is 21.8. The molecule has 0 saturated heterocycles. The fraction of sp³-hybridized carbons (Fsp3) is 0.800. The van der Waals surface area contributed by atoms with Crippen molar-refractivity contribution in [1.82, 2.24) is 5.32 Å². The number of carboxylic acids is 1. The Morgan fingerprint density at radius 1 is 1.47 bits per heavy atom. The van der Waals surface area contributed by atoms with E-state index in [4.69, 9.17) is 5.11 Å². The van der Waals surface area contributed by atoms with E-state index in [2.05, 4.69) is 5.32 Å². The minimum atomic E-state index is -1.11. The van der Waals surface area contributed by atoms with E-state index in [0.29, 0.717) is 13.0 Å². The largest absolute Gasteiger partial charge is 0.481 e. The van der Waals surface area contributed by atoms with Gasteiger partial charge in [0.25, 0.3) is 0 Å². The molecule has 0 aromatic rings. The Morgan fingerprint density at radius 3 is 2.60 bits per heavy atom. The van der Waals surface area contributed by atoms with Crippen LogP contribution in [0.5, 0.6) is 0 Å². The molecule has 0 aromatic carbocycles. The maximum absolute atomic E-state index is 11.3. The summed E-state index contributed by atoms with van der Waals surface area (Å²) in [5.74, 6) is -2.29. The van der Waals surface area contributed by atoms with Gasteiger partial charge in [0.05, 0.1) is 6.10 Å². The molecule has 1 aliphatic carbocycles. The average Bonchev–Trinajstić information content (AvgIpc) is 2.59. The van der Waals surface area contributed by atoms with Crippen LogP contribution in [0.15, 0.2) is 0 Å². The van der Waals surface area contributed by atoms with Crippen LogP contribution in [0, 0.1) is 11.8 Å². The zero-order chi connectivity index (χ0) is 11.4. The molecule has 0 spiro atoms. The van der Waals surface area contributed by atoms with Gasteiger partial charge in [-0.15, -0.1) is 0 Å². The number of amides is 1. The van der Waals surface area contributed by atoms with E-state index in [1.54, 1.807) is 0 Å². The van der Waals surface area contributed by atoms with Crippen molar-refractivity contribution in [2.45, 2.75) is 32.3 Å². The Kier molecular flexibility index (Phi) is 4.08. The predicted octanol–water partition coefficient (Wildman–Crippen LogP) is -0.0157. The van der Waals surface area contributed by atoms with E-state index in [1.807, 2.05) is 0 Å². The third-order valence-corrected chi connectivity index (χ3v) is 2.84. The molecule has 1 rings (SSSR count). The first kappa shape index (κ1) is 12.0. The van der Waals surface area contributed by atoms with Crippen LogP contribution in [-0.2, 0) is 9.59 Å². The monoisotopic (exact) mass is 215 g/mol.